The van der Waals surface area contributed by atoms with Crippen LogP contribution in [0.4, 0.5) is 16.3 Å². The molecule has 2 bridgehead atoms. The predicted octanol–water partition coefficient (Wildman–Crippen LogP) is 3.07. The van der Waals surface area contributed by atoms with E-state index in [0.717, 1.165) is 18.7 Å². The van der Waals surface area contributed by atoms with Gasteiger partial charge in [0.2, 0.25) is 0 Å². The van der Waals surface area contributed by atoms with Gasteiger partial charge in [-0.15, -0.1) is 4.91 Å². The molecule has 7 nitrogen and oxygen atoms in total. The second-order valence-corrected chi connectivity index (χ2v) is 7.54. The summed E-state index contributed by atoms with van der Waals surface area (Å²) in [5.41, 5.74) is 0.223. The van der Waals surface area contributed by atoms with Gasteiger partial charge in [-0.2, -0.15) is 0 Å². The molecule has 0 radical (unpaired) electrons. The zero-order chi connectivity index (χ0) is 16.8. The Morgan fingerprint density at radius 2 is 2.17 bits per heavy atom. The molecule has 23 heavy (non-hydrogen) atoms. The molecule has 2 saturated heterocycles. The van der Waals surface area contributed by atoms with Crippen molar-refractivity contribution < 1.29 is 9.53 Å². The molecule has 124 valence electrons. The minimum absolute atomic E-state index is 0.180. The summed E-state index contributed by atoms with van der Waals surface area (Å²) in [6.07, 6.45) is 2.32. The van der Waals surface area contributed by atoms with Crippen LogP contribution in [0.1, 0.15) is 34.1 Å². The van der Waals surface area contributed by atoms with Crippen molar-refractivity contribution in [1.82, 2.24) is 9.88 Å². The van der Waals surface area contributed by atoms with Crippen LogP contribution >= 0.6 is 0 Å². The van der Waals surface area contributed by atoms with Crippen LogP contribution in [0.5, 0.6) is 0 Å². The third-order valence-electron chi connectivity index (χ3n) is 4.44. The molecule has 2 aliphatic rings. The number of nitrogens with zero attached hydrogens (tertiary/aromatic N) is 4. The Kier molecular flexibility index (Phi) is 3.54. The van der Waals surface area contributed by atoms with Gasteiger partial charge in [-0.25, -0.2) is 9.78 Å². The third kappa shape index (κ3) is 2.87. The molecule has 3 heterocycles. The van der Waals surface area contributed by atoms with E-state index in [1.807, 2.05) is 31.7 Å². The summed E-state index contributed by atoms with van der Waals surface area (Å²) >= 11 is 0. The molecule has 3 rings (SSSR count). The molecule has 2 atom stereocenters. The lowest BCUT2D eigenvalue weighted by Crippen LogP contribution is -2.55. The molecule has 0 aliphatic carbocycles. The summed E-state index contributed by atoms with van der Waals surface area (Å²) < 4.78 is 5.52. The van der Waals surface area contributed by atoms with E-state index < -0.39 is 5.60 Å². The first-order valence-corrected chi connectivity index (χ1v) is 7.78. The molecular formula is C16H22N4O3. The summed E-state index contributed by atoms with van der Waals surface area (Å²) in [7, 11) is 0. The van der Waals surface area contributed by atoms with Gasteiger partial charge < -0.3 is 9.64 Å². The molecule has 0 N–H and O–H groups in total. The minimum atomic E-state index is -0.490. The van der Waals surface area contributed by atoms with Crippen molar-refractivity contribution in [3.8, 4) is 0 Å². The van der Waals surface area contributed by atoms with Crippen LogP contribution in [0.25, 0.3) is 0 Å². The average molecular weight is 318 g/mol. The van der Waals surface area contributed by atoms with Crippen molar-refractivity contribution >= 4 is 17.6 Å². The number of fused-ring (bicyclic) bond motifs is 2. The zero-order valence-electron chi connectivity index (χ0n) is 13.9. The van der Waals surface area contributed by atoms with E-state index in [-0.39, 0.29) is 23.5 Å². The molecule has 7 heteroatoms. The number of amides is 1. The van der Waals surface area contributed by atoms with Crippen molar-refractivity contribution in [2.45, 2.75) is 51.3 Å². The highest BCUT2D eigenvalue weighted by Crippen LogP contribution is 2.42. The molecule has 0 aromatic carbocycles. The van der Waals surface area contributed by atoms with E-state index >= 15 is 0 Å². The first kappa shape index (κ1) is 15.7. The highest BCUT2D eigenvalue weighted by atomic mass is 16.6. The van der Waals surface area contributed by atoms with Gasteiger partial charge in [-0.05, 0) is 51.4 Å². The topological polar surface area (TPSA) is 75.1 Å². The molecular weight excluding hydrogens is 296 g/mol. The molecule has 0 saturated carbocycles. The highest BCUT2D eigenvalue weighted by Gasteiger charge is 2.54. The first-order chi connectivity index (χ1) is 10.7. The molecule has 2 aliphatic heterocycles. The Balaban J connectivity index is 1.74. The Morgan fingerprint density at radius 1 is 1.43 bits per heavy atom. The number of likely N-dealkylation sites (tertiary alicyclic amines) is 1. The fraction of sp³-hybridized carbons (Fsp3) is 0.625. The van der Waals surface area contributed by atoms with E-state index in [4.69, 9.17) is 4.74 Å². The number of aromatic nitrogens is 1. The summed E-state index contributed by atoms with van der Waals surface area (Å²) in [6.45, 7) is 9.09. The number of carbonyl (C=O) groups excluding carboxylic acids is 1. The summed E-state index contributed by atoms with van der Waals surface area (Å²) in [6, 6.07) is 3.71. The Labute approximate surface area is 135 Å². The lowest BCUT2D eigenvalue weighted by molar-refractivity contribution is 0.0100. The maximum absolute atomic E-state index is 12.4. The van der Waals surface area contributed by atoms with Gasteiger partial charge in [0.05, 0.1) is 17.4 Å². The standard InChI is InChI=1S/C16H22N4O3/c1-15(2,3)23-14(21)20-9-12-7-16(20,4)10-19(12)11-5-6-13(18-22)17-8-11/h5-6,8,12H,7,9-10H2,1-4H3. The quantitative estimate of drug-likeness (QED) is 0.783. The van der Waals surface area contributed by atoms with E-state index in [9.17, 15) is 9.70 Å². The zero-order valence-corrected chi connectivity index (χ0v) is 13.9. The number of anilines is 1. The molecule has 1 aromatic heterocycles. The Hall–Kier alpha value is -2.18. The monoisotopic (exact) mass is 318 g/mol. The normalized spacial score (nSPS) is 26.5. The van der Waals surface area contributed by atoms with Crippen molar-refractivity contribution in [3.63, 3.8) is 0 Å². The van der Waals surface area contributed by atoms with Gasteiger partial charge in [0, 0.05) is 19.1 Å². The van der Waals surface area contributed by atoms with Crippen LogP contribution in [0.2, 0.25) is 0 Å². The van der Waals surface area contributed by atoms with E-state index in [1.54, 1.807) is 12.3 Å². The largest absolute Gasteiger partial charge is 0.444 e. The highest BCUT2D eigenvalue weighted by molar-refractivity contribution is 5.71. The maximum Gasteiger partial charge on any atom is 0.410 e. The van der Waals surface area contributed by atoms with Crippen molar-refractivity contribution in [3.05, 3.63) is 23.2 Å². The summed E-state index contributed by atoms with van der Waals surface area (Å²) in [4.78, 5) is 31.0. The van der Waals surface area contributed by atoms with Crippen LogP contribution in [0, 0.1) is 4.91 Å². The number of piperazine rings is 1. The Bertz CT molecular complexity index is 625. The fourth-order valence-electron chi connectivity index (χ4n) is 3.48. The lowest BCUT2D eigenvalue weighted by atomic mass is 10.0. The van der Waals surface area contributed by atoms with E-state index in [2.05, 4.69) is 22.0 Å². The van der Waals surface area contributed by atoms with Gasteiger partial charge in [0.25, 0.3) is 0 Å². The second-order valence-electron chi connectivity index (χ2n) is 7.54. The fourth-order valence-corrected chi connectivity index (χ4v) is 3.48. The predicted molar refractivity (Wildman–Crippen MR) is 86.8 cm³/mol. The Morgan fingerprint density at radius 3 is 2.65 bits per heavy atom. The molecule has 2 unspecified atom stereocenters. The summed E-state index contributed by atoms with van der Waals surface area (Å²) in [5, 5.41) is 2.82. The molecule has 0 spiro atoms. The van der Waals surface area contributed by atoms with E-state index in [0.29, 0.717) is 6.54 Å². The van der Waals surface area contributed by atoms with Gasteiger partial charge >= 0.3 is 6.09 Å². The number of nitroso groups, excluding NO2 is 1. The first-order valence-electron chi connectivity index (χ1n) is 7.78. The maximum atomic E-state index is 12.4. The number of hydrogen-bond donors (Lipinski definition) is 0. The number of pyridine rings is 1. The molecule has 1 aromatic rings. The summed E-state index contributed by atoms with van der Waals surface area (Å²) in [5.74, 6) is 0.180. The van der Waals surface area contributed by atoms with Gasteiger partial charge in [0.15, 0.2) is 5.82 Å². The average Bonchev–Trinajstić information content (AvgIpc) is 2.98. The lowest BCUT2D eigenvalue weighted by Gasteiger charge is -2.41. The van der Waals surface area contributed by atoms with Crippen LogP contribution in [0.15, 0.2) is 23.5 Å². The number of ether oxygens (including phenoxy) is 1. The van der Waals surface area contributed by atoms with Crippen molar-refractivity contribution in [2.24, 2.45) is 5.18 Å². The molecule has 2 fully saturated rings. The number of hydrogen-bond acceptors (Lipinski definition) is 6. The van der Waals surface area contributed by atoms with E-state index in [1.165, 1.54) is 0 Å². The second kappa shape index (κ2) is 5.18. The van der Waals surface area contributed by atoms with Crippen LogP contribution < -0.4 is 4.90 Å². The third-order valence-corrected chi connectivity index (χ3v) is 4.44. The van der Waals surface area contributed by atoms with Crippen LogP contribution in [-0.2, 0) is 4.74 Å². The van der Waals surface area contributed by atoms with Crippen molar-refractivity contribution in [2.75, 3.05) is 18.0 Å². The van der Waals surface area contributed by atoms with Gasteiger partial charge in [0.1, 0.15) is 5.60 Å². The van der Waals surface area contributed by atoms with Gasteiger partial charge in [-0.1, -0.05) is 0 Å². The smallest absolute Gasteiger partial charge is 0.410 e. The van der Waals surface area contributed by atoms with Gasteiger partial charge in [-0.3, -0.25) is 4.90 Å². The minimum Gasteiger partial charge on any atom is -0.444 e. The van der Waals surface area contributed by atoms with Crippen molar-refractivity contribution in [1.29, 1.82) is 0 Å². The SMILES string of the molecule is CC(C)(C)OC(=O)N1CC2CC1(C)CN2c1ccc(N=O)nc1. The van der Waals surface area contributed by atoms with Crippen LogP contribution in [-0.4, -0.2) is 46.2 Å². The number of rotatable bonds is 2. The van der Waals surface area contributed by atoms with Crippen LogP contribution in [0.3, 0.4) is 0 Å². The number of carbonyl (C=O) groups is 1. The molecule has 1 amide bonds.